The van der Waals surface area contributed by atoms with Crippen LogP contribution in [0.3, 0.4) is 0 Å². The highest BCUT2D eigenvalue weighted by molar-refractivity contribution is 5.87. The average molecular weight is 151 g/mol. The lowest BCUT2D eigenvalue weighted by atomic mass is 9.89. The van der Waals surface area contributed by atoms with E-state index in [9.17, 15) is 4.79 Å². The molecule has 1 saturated heterocycles. The van der Waals surface area contributed by atoms with Crippen LogP contribution in [-0.2, 0) is 4.79 Å². The molecule has 0 aromatic rings. The summed E-state index contributed by atoms with van der Waals surface area (Å²) in [4.78, 5) is 13.1. The van der Waals surface area contributed by atoms with Crippen LogP contribution in [0.4, 0.5) is 0 Å². The smallest absolute Gasteiger partial charge is 0.236 e. The molecule has 1 fully saturated rings. The van der Waals surface area contributed by atoms with Crippen LogP contribution < -0.4 is 0 Å². The first-order chi connectivity index (χ1) is 5.14. The van der Waals surface area contributed by atoms with Gasteiger partial charge in [-0.25, -0.2) is 0 Å². The molecule has 2 nitrogen and oxygen atoms in total. The van der Waals surface area contributed by atoms with Gasteiger partial charge in [-0.2, -0.15) is 0 Å². The van der Waals surface area contributed by atoms with Crippen molar-refractivity contribution in [2.45, 2.75) is 13.3 Å². The van der Waals surface area contributed by atoms with Crippen molar-refractivity contribution in [3.8, 4) is 0 Å². The van der Waals surface area contributed by atoms with Gasteiger partial charge in [0.2, 0.25) is 5.91 Å². The zero-order chi connectivity index (χ0) is 8.48. The van der Waals surface area contributed by atoms with Crippen LogP contribution in [0.25, 0.3) is 0 Å². The van der Waals surface area contributed by atoms with Crippen LogP contribution in [0.5, 0.6) is 0 Å². The number of carbonyl (C=O) groups excluding carboxylic acids is 1. The third-order valence-corrected chi connectivity index (χ3v) is 2.29. The Morgan fingerprint density at radius 1 is 1.64 bits per heavy atom. The van der Waals surface area contributed by atoms with Gasteiger partial charge >= 0.3 is 0 Å². The molecule has 0 aromatic heterocycles. The van der Waals surface area contributed by atoms with Gasteiger partial charge in [0, 0.05) is 6.54 Å². The third-order valence-electron chi connectivity index (χ3n) is 2.29. The van der Waals surface area contributed by atoms with Gasteiger partial charge in [0.1, 0.15) is 0 Å². The minimum Gasteiger partial charge on any atom is -0.319 e. The summed E-state index contributed by atoms with van der Waals surface area (Å²) < 4.78 is 0. The number of rotatable bonds is 2. The van der Waals surface area contributed by atoms with Gasteiger partial charge in [-0.3, -0.25) is 4.79 Å². The second-order valence-corrected chi connectivity index (χ2v) is 3.05. The van der Waals surface area contributed by atoms with Crippen molar-refractivity contribution in [1.29, 1.82) is 0 Å². The van der Waals surface area contributed by atoms with E-state index < -0.39 is 0 Å². The van der Waals surface area contributed by atoms with Crippen molar-refractivity contribution in [3.63, 3.8) is 0 Å². The zero-order valence-corrected chi connectivity index (χ0v) is 6.84. The van der Waals surface area contributed by atoms with E-state index in [1.165, 1.54) is 0 Å². The van der Waals surface area contributed by atoms with E-state index in [0.717, 1.165) is 13.0 Å². The van der Waals surface area contributed by atoms with Crippen molar-refractivity contribution < 1.29 is 4.79 Å². The topological polar surface area (TPSA) is 20.3 Å². The highest BCUT2D eigenvalue weighted by atomic mass is 16.2. The van der Waals surface area contributed by atoms with Crippen LogP contribution in [-0.4, -0.2) is 17.4 Å². The molecule has 1 amide bonds. The molecule has 1 atom stereocenters. The van der Waals surface area contributed by atoms with E-state index >= 15 is 0 Å². The molecule has 11 heavy (non-hydrogen) atoms. The monoisotopic (exact) mass is 151 g/mol. The van der Waals surface area contributed by atoms with Crippen LogP contribution in [0.2, 0.25) is 0 Å². The quantitative estimate of drug-likeness (QED) is 0.548. The fourth-order valence-electron chi connectivity index (χ4n) is 1.25. The molecule has 1 aliphatic rings. The Kier molecular flexibility index (Phi) is 1.85. The first kappa shape index (κ1) is 8.05. The first-order valence-corrected chi connectivity index (χ1v) is 3.71. The van der Waals surface area contributed by atoms with Gasteiger partial charge in [-0.05, 0) is 19.5 Å². The molecule has 0 aliphatic carbocycles. The fourth-order valence-corrected chi connectivity index (χ4v) is 1.25. The Balaban J connectivity index is 2.85. The summed E-state index contributed by atoms with van der Waals surface area (Å²) in [5.74, 6) is 0.113. The molecule has 1 rings (SSSR count). The normalized spacial score (nSPS) is 30.6. The van der Waals surface area contributed by atoms with E-state index in [4.69, 9.17) is 0 Å². The van der Waals surface area contributed by atoms with Gasteiger partial charge in [-0.1, -0.05) is 12.7 Å². The van der Waals surface area contributed by atoms with E-state index in [2.05, 4.69) is 13.2 Å². The average Bonchev–Trinajstić information content (AvgIpc) is 2.31. The van der Waals surface area contributed by atoms with Gasteiger partial charge in [0.15, 0.2) is 0 Å². The third kappa shape index (κ3) is 1.09. The molecule has 2 heteroatoms. The van der Waals surface area contributed by atoms with Crippen molar-refractivity contribution in [1.82, 2.24) is 4.90 Å². The molecule has 1 aliphatic heterocycles. The Bertz CT molecular complexity index is 210. The van der Waals surface area contributed by atoms with Gasteiger partial charge < -0.3 is 4.90 Å². The van der Waals surface area contributed by atoms with Crippen LogP contribution in [0.1, 0.15) is 13.3 Å². The maximum Gasteiger partial charge on any atom is 0.236 e. The number of nitrogens with zero attached hydrogens (tertiary/aromatic N) is 1. The Morgan fingerprint density at radius 3 is 2.55 bits per heavy atom. The number of hydrogen-bond donors (Lipinski definition) is 0. The molecular formula is C9H13NO. The number of likely N-dealkylation sites (tertiary alicyclic amines) is 1. The van der Waals surface area contributed by atoms with Crippen molar-refractivity contribution in [2.24, 2.45) is 5.41 Å². The molecule has 0 spiro atoms. The summed E-state index contributed by atoms with van der Waals surface area (Å²) in [6.45, 7) is 9.89. The largest absolute Gasteiger partial charge is 0.319 e. The lowest BCUT2D eigenvalue weighted by Gasteiger charge is -2.16. The molecule has 0 bridgehead atoms. The summed E-state index contributed by atoms with van der Waals surface area (Å²) >= 11 is 0. The predicted molar refractivity (Wildman–Crippen MR) is 44.8 cm³/mol. The minimum atomic E-state index is -0.353. The van der Waals surface area contributed by atoms with Crippen LogP contribution >= 0.6 is 0 Å². The number of carbonyl (C=O) groups is 1. The molecule has 1 unspecified atom stereocenters. The molecule has 60 valence electrons. The van der Waals surface area contributed by atoms with Crippen molar-refractivity contribution in [3.05, 3.63) is 25.4 Å². The summed E-state index contributed by atoms with van der Waals surface area (Å²) in [6.07, 6.45) is 4.15. The maximum absolute atomic E-state index is 11.5. The standard InChI is InChI=1S/C9H13NO/c1-4-9(3)6-7-10(5-2)8(9)11/h4-5H,1-2,6-7H2,3H3. The minimum absolute atomic E-state index is 0.113. The van der Waals surface area contributed by atoms with Gasteiger partial charge in [0.25, 0.3) is 0 Å². The Labute approximate surface area is 67.2 Å². The molecule has 0 saturated carbocycles. The second-order valence-electron chi connectivity index (χ2n) is 3.05. The number of hydrogen-bond acceptors (Lipinski definition) is 1. The summed E-state index contributed by atoms with van der Waals surface area (Å²) in [7, 11) is 0. The van der Waals surface area contributed by atoms with E-state index in [1.807, 2.05) is 6.92 Å². The van der Waals surface area contributed by atoms with E-state index in [0.29, 0.717) is 0 Å². The highest BCUT2D eigenvalue weighted by Gasteiger charge is 2.38. The molecule has 0 N–H and O–H groups in total. The second kappa shape index (κ2) is 2.53. The molecule has 0 aromatic carbocycles. The predicted octanol–water partition coefficient (Wildman–Crippen LogP) is 1.55. The van der Waals surface area contributed by atoms with Crippen molar-refractivity contribution >= 4 is 5.91 Å². The van der Waals surface area contributed by atoms with E-state index in [1.54, 1.807) is 17.2 Å². The Hall–Kier alpha value is -1.05. The maximum atomic E-state index is 11.5. The van der Waals surface area contributed by atoms with Crippen LogP contribution in [0.15, 0.2) is 25.4 Å². The summed E-state index contributed by atoms with van der Waals surface area (Å²) in [6, 6.07) is 0. The lowest BCUT2D eigenvalue weighted by molar-refractivity contribution is -0.131. The fraction of sp³-hybridized carbons (Fsp3) is 0.444. The SMILES string of the molecule is C=CN1CCC(C)(C=C)C1=O. The summed E-state index contributed by atoms with van der Waals surface area (Å²) in [5.41, 5.74) is -0.353. The molecule has 1 heterocycles. The molecular weight excluding hydrogens is 138 g/mol. The van der Waals surface area contributed by atoms with Crippen LogP contribution in [0, 0.1) is 5.41 Å². The zero-order valence-electron chi connectivity index (χ0n) is 6.84. The van der Waals surface area contributed by atoms with E-state index in [-0.39, 0.29) is 11.3 Å². The van der Waals surface area contributed by atoms with Crippen molar-refractivity contribution in [2.75, 3.05) is 6.54 Å². The lowest BCUT2D eigenvalue weighted by Crippen LogP contribution is -2.27. The van der Waals surface area contributed by atoms with Gasteiger partial charge in [-0.15, -0.1) is 6.58 Å². The first-order valence-electron chi connectivity index (χ1n) is 3.71. The number of amides is 1. The highest BCUT2D eigenvalue weighted by Crippen LogP contribution is 2.32. The summed E-state index contributed by atoms with van der Waals surface area (Å²) in [5, 5.41) is 0. The Morgan fingerprint density at radius 2 is 2.27 bits per heavy atom. The molecule has 0 radical (unpaired) electrons. The van der Waals surface area contributed by atoms with Gasteiger partial charge in [0.05, 0.1) is 5.41 Å².